The second kappa shape index (κ2) is 7.77. The van der Waals surface area contributed by atoms with Crippen LogP contribution >= 0.6 is 0 Å². The smallest absolute Gasteiger partial charge is 0.256 e. The minimum absolute atomic E-state index is 0.0255. The first kappa shape index (κ1) is 18.0. The summed E-state index contributed by atoms with van der Waals surface area (Å²) in [6.45, 7) is 3.55. The monoisotopic (exact) mass is 389 g/mol. The van der Waals surface area contributed by atoms with Gasteiger partial charge >= 0.3 is 0 Å². The molecule has 148 valence electrons. The lowest BCUT2D eigenvalue weighted by molar-refractivity contribution is -0.0770. The number of fused-ring (bicyclic) bond motifs is 1. The van der Waals surface area contributed by atoms with Gasteiger partial charge in [-0.1, -0.05) is 42.5 Å². The molecular formula is C22H23N5O2. The van der Waals surface area contributed by atoms with E-state index < -0.39 is 0 Å². The SMILES string of the molecule is O=C(c1ccccc1-n1cncn1)N1CCN2[C@@H](COC[C@@H]2c2ccccc2)C1. The van der Waals surface area contributed by atoms with Crippen molar-refractivity contribution in [3.63, 3.8) is 0 Å². The third kappa shape index (κ3) is 3.43. The average molecular weight is 389 g/mol. The topological polar surface area (TPSA) is 63.5 Å². The standard InChI is InChI=1S/C22H23N5O2/c28-22(19-8-4-5-9-20(19)27-16-23-15-24-27)25-10-11-26-18(12-25)13-29-14-21(26)17-6-2-1-3-7-17/h1-9,15-16,18,21H,10-14H2/t18-,21-/m1/s1. The van der Waals surface area contributed by atoms with Gasteiger partial charge in [0.1, 0.15) is 12.7 Å². The summed E-state index contributed by atoms with van der Waals surface area (Å²) in [4.78, 5) is 21.8. The molecule has 2 saturated heterocycles. The van der Waals surface area contributed by atoms with Crippen molar-refractivity contribution in [1.82, 2.24) is 24.6 Å². The second-order valence-electron chi connectivity index (χ2n) is 7.46. The lowest BCUT2D eigenvalue weighted by atomic mass is 9.99. The molecule has 0 saturated carbocycles. The summed E-state index contributed by atoms with van der Waals surface area (Å²) in [5, 5.41) is 4.19. The number of hydrogen-bond donors (Lipinski definition) is 0. The Hall–Kier alpha value is -3.03. The number of carbonyl (C=O) groups excluding carboxylic acids is 1. The van der Waals surface area contributed by atoms with E-state index in [0.717, 1.165) is 12.2 Å². The fourth-order valence-electron chi connectivity index (χ4n) is 4.34. The lowest BCUT2D eigenvalue weighted by Crippen LogP contribution is -2.60. The molecule has 3 aromatic rings. The van der Waals surface area contributed by atoms with Crippen LogP contribution < -0.4 is 0 Å². The highest BCUT2D eigenvalue weighted by Crippen LogP contribution is 2.30. The zero-order chi connectivity index (χ0) is 19.6. The van der Waals surface area contributed by atoms with Crippen molar-refractivity contribution in [1.29, 1.82) is 0 Å². The van der Waals surface area contributed by atoms with E-state index in [0.29, 0.717) is 31.9 Å². The van der Waals surface area contributed by atoms with E-state index in [2.05, 4.69) is 39.2 Å². The molecule has 0 spiro atoms. The fourth-order valence-corrected chi connectivity index (χ4v) is 4.34. The summed E-state index contributed by atoms with van der Waals surface area (Å²) in [5.74, 6) is 0.0255. The Morgan fingerprint density at radius 2 is 1.83 bits per heavy atom. The number of nitrogens with zero attached hydrogens (tertiary/aromatic N) is 5. The van der Waals surface area contributed by atoms with Gasteiger partial charge in [-0.25, -0.2) is 9.67 Å². The van der Waals surface area contributed by atoms with Crippen molar-refractivity contribution in [2.45, 2.75) is 12.1 Å². The van der Waals surface area contributed by atoms with Crippen LogP contribution in [0, 0.1) is 0 Å². The molecule has 5 rings (SSSR count). The van der Waals surface area contributed by atoms with Crippen molar-refractivity contribution >= 4 is 5.91 Å². The molecule has 7 heteroatoms. The number of ether oxygens (including phenoxy) is 1. The van der Waals surface area contributed by atoms with E-state index in [1.165, 1.54) is 11.9 Å². The van der Waals surface area contributed by atoms with Crippen LogP contribution in [0.5, 0.6) is 0 Å². The number of aromatic nitrogens is 3. The van der Waals surface area contributed by atoms with E-state index in [1.807, 2.05) is 35.2 Å². The molecule has 2 fully saturated rings. The molecule has 7 nitrogen and oxygen atoms in total. The van der Waals surface area contributed by atoms with Crippen molar-refractivity contribution in [2.24, 2.45) is 0 Å². The lowest BCUT2D eigenvalue weighted by Gasteiger charge is -2.48. The van der Waals surface area contributed by atoms with E-state index in [4.69, 9.17) is 4.74 Å². The molecule has 2 aliphatic rings. The first-order valence-electron chi connectivity index (χ1n) is 9.93. The predicted molar refractivity (Wildman–Crippen MR) is 108 cm³/mol. The number of hydrogen-bond acceptors (Lipinski definition) is 5. The highest BCUT2D eigenvalue weighted by Gasteiger charge is 2.38. The quantitative estimate of drug-likeness (QED) is 0.687. The molecule has 2 atom stereocenters. The Morgan fingerprint density at radius 3 is 2.66 bits per heavy atom. The van der Waals surface area contributed by atoms with Crippen LogP contribution in [0.25, 0.3) is 5.69 Å². The van der Waals surface area contributed by atoms with Gasteiger partial charge in [-0.2, -0.15) is 5.10 Å². The van der Waals surface area contributed by atoms with Crippen LogP contribution in [0.1, 0.15) is 22.0 Å². The molecular weight excluding hydrogens is 366 g/mol. The molecule has 0 aliphatic carbocycles. The molecule has 0 radical (unpaired) electrons. The summed E-state index contributed by atoms with van der Waals surface area (Å²) in [6, 6.07) is 18.5. The van der Waals surface area contributed by atoms with Crippen LogP contribution in [0.3, 0.4) is 0 Å². The number of benzene rings is 2. The number of piperazine rings is 1. The van der Waals surface area contributed by atoms with Crippen LogP contribution in [0.15, 0.2) is 67.3 Å². The maximum atomic E-state index is 13.3. The van der Waals surface area contributed by atoms with E-state index >= 15 is 0 Å². The Kier molecular flexibility index (Phi) is 4.83. The molecule has 0 N–H and O–H groups in total. The molecule has 3 heterocycles. The highest BCUT2D eigenvalue weighted by atomic mass is 16.5. The van der Waals surface area contributed by atoms with Crippen molar-refractivity contribution in [3.8, 4) is 5.69 Å². The largest absolute Gasteiger partial charge is 0.378 e. The molecule has 29 heavy (non-hydrogen) atoms. The van der Waals surface area contributed by atoms with Gasteiger partial charge in [-0.05, 0) is 17.7 Å². The summed E-state index contributed by atoms with van der Waals surface area (Å²) < 4.78 is 7.56. The Balaban J connectivity index is 1.36. The minimum Gasteiger partial charge on any atom is -0.378 e. The van der Waals surface area contributed by atoms with E-state index in [9.17, 15) is 4.79 Å². The third-order valence-corrected chi connectivity index (χ3v) is 5.79. The number of para-hydroxylation sites is 1. The summed E-state index contributed by atoms with van der Waals surface area (Å²) in [6.07, 6.45) is 3.09. The Bertz CT molecular complexity index is 976. The molecule has 2 aromatic carbocycles. The van der Waals surface area contributed by atoms with Gasteiger partial charge in [-0.15, -0.1) is 0 Å². The third-order valence-electron chi connectivity index (χ3n) is 5.79. The predicted octanol–water partition coefficient (Wildman–Crippen LogP) is 2.17. The van der Waals surface area contributed by atoms with Crippen molar-refractivity contribution in [2.75, 3.05) is 32.8 Å². The fraction of sp³-hybridized carbons (Fsp3) is 0.318. The minimum atomic E-state index is 0.0255. The van der Waals surface area contributed by atoms with E-state index in [-0.39, 0.29) is 18.0 Å². The molecule has 1 amide bonds. The van der Waals surface area contributed by atoms with Crippen molar-refractivity contribution < 1.29 is 9.53 Å². The Morgan fingerprint density at radius 1 is 1.00 bits per heavy atom. The normalized spacial score (nSPS) is 22.3. The highest BCUT2D eigenvalue weighted by molar-refractivity contribution is 5.97. The van der Waals surface area contributed by atoms with Crippen LogP contribution in [0.2, 0.25) is 0 Å². The second-order valence-corrected chi connectivity index (χ2v) is 7.46. The van der Waals surface area contributed by atoms with Crippen LogP contribution in [-0.2, 0) is 4.74 Å². The summed E-state index contributed by atoms with van der Waals surface area (Å²) >= 11 is 0. The number of rotatable bonds is 3. The average Bonchev–Trinajstić information content (AvgIpc) is 3.33. The Labute approximate surface area is 169 Å². The van der Waals surface area contributed by atoms with Crippen molar-refractivity contribution in [3.05, 3.63) is 78.4 Å². The van der Waals surface area contributed by atoms with Gasteiger partial charge in [0.15, 0.2) is 0 Å². The maximum absolute atomic E-state index is 13.3. The number of morpholine rings is 1. The number of amides is 1. The van der Waals surface area contributed by atoms with Gasteiger partial charge in [0, 0.05) is 19.6 Å². The van der Waals surface area contributed by atoms with Crippen LogP contribution in [0.4, 0.5) is 0 Å². The van der Waals surface area contributed by atoms with Crippen LogP contribution in [-0.4, -0.2) is 69.4 Å². The first-order valence-corrected chi connectivity index (χ1v) is 9.93. The van der Waals surface area contributed by atoms with E-state index in [1.54, 1.807) is 11.0 Å². The summed E-state index contributed by atoms with van der Waals surface area (Å²) in [7, 11) is 0. The number of carbonyl (C=O) groups is 1. The molecule has 0 unspecified atom stereocenters. The van der Waals surface area contributed by atoms with Gasteiger partial charge in [0.05, 0.1) is 36.5 Å². The van der Waals surface area contributed by atoms with Gasteiger partial charge in [0.2, 0.25) is 0 Å². The first-order chi connectivity index (χ1) is 14.3. The zero-order valence-corrected chi connectivity index (χ0v) is 16.1. The van der Waals surface area contributed by atoms with Gasteiger partial charge < -0.3 is 9.64 Å². The maximum Gasteiger partial charge on any atom is 0.256 e. The summed E-state index contributed by atoms with van der Waals surface area (Å²) in [5.41, 5.74) is 2.66. The molecule has 1 aromatic heterocycles. The molecule has 2 aliphatic heterocycles. The van der Waals surface area contributed by atoms with Gasteiger partial charge in [-0.3, -0.25) is 9.69 Å². The zero-order valence-electron chi connectivity index (χ0n) is 16.1. The molecule has 0 bridgehead atoms. The van der Waals surface area contributed by atoms with Gasteiger partial charge in [0.25, 0.3) is 5.91 Å².